The first-order chi connectivity index (χ1) is 15.4. The molecule has 1 amide bonds. The summed E-state index contributed by atoms with van der Waals surface area (Å²) >= 11 is 9.73. The molecule has 0 aliphatic heterocycles. The molecule has 3 N–H and O–H groups in total. The van der Waals surface area contributed by atoms with Crippen molar-refractivity contribution in [2.45, 2.75) is 19.5 Å². The lowest BCUT2D eigenvalue weighted by atomic mass is 10.1. The zero-order valence-electron chi connectivity index (χ0n) is 17.1. The van der Waals surface area contributed by atoms with Gasteiger partial charge in [0.05, 0.1) is 10.0 Å². The maximum Gasteiger partial charge on any atom is 0.251 e. The van der Waals surface area contributed by atoms with Crippen LogP contribution in [-0.4, -0.2) is 21.2 Å². The largest absolute Gasteiger partial charge is 0.755 e. The molecule has 9 heteroatoms. The molecule has 0 heterocycles. The molecule has 0 aliphatic carbocycles. The number of nitrogens with zero attached hydrogens (tertiary/aromatic N) is 1. The fourth-order valence-electron chi connectivity index (χ4n) is 3.11. The fourth-order valence-corrected chi connectivity index (χ4v) is 4.06. The number of hydrogen-bond acceptors (Lipinski definition) is 4. The van der Waals surface area contributed by atoms with E-state index in [9.17, 15) is 13.6 Å². The van der Waals surface area contributed by atoms with Gasteiger partial charge in [-0.25, -0.2) is 0 Å². The van der Waals surface area contributed by atoms with Crippen molar-refractivity contribution in [1.29, 1.82) is 0 Å². The number of nitrogens with one attached hydrogen (secondary N) is 1. The third kappa shape index (κ3) is 6.31. The van der Waals surface area contributed by atoms with Crippen LogP contribution in [0.15, 0.2) is 66.7 Å². The lowest BCUT2D eigenvalue weighted by Crippen LogP contribution is -2.28. The smallest absolute Gasteiger partial charge is 0.251 e. The summed E-state index contributed by atoms with van der Waals surface area (Å²) in [5.41, 5.74) is 9.20. The van der Waals surface area contributed by atoms with Crippen LogP contribution in [0.2, 0.25) is 10.0 Å². The molecule has 6 nitrogen and oxygen atoms in total. The van der Waals surface area contributed by atoms with Crippen LogP contribution in [0.5, 0.6) is 0 Å². The second-order valence-electron chi connectivity index (χ2n) is 7.03. The van der Waals surface area contributed by atoms with Crippen LogP contribution in [0, 0.1) is 0 Å². The van der Waals surface area contributed by atoms with Crippen molar-refractivity contribution in [3.8, 4) is 0 Å². The number of nitrogens with two attached hydrogens (primary N) is 1. The molecule has 1 unspecified atom stereocenters. The number of carbonyl (C=O) groups is 1. The van der Waals surface area contributed by atoms with Gasteiger partial charge in [0, 0.05) is 42.2 Å². The van der Waals surface area contributed by atoms with Gasteiger partial charge >= 0.3 is 0 Å². The molecule has 168 valence electrons. The second kappa shape index (κ2) is 11.4. The average molecular weight is 491 g/mol. The SMILES string of the molecule is NCc1ccc(CNC(=O)c2ccc(N(CCc3cccc(Cl)c3Cl)S(=O)[O-])cc2)cc1. The van der Waals surface area contributed by atoms with Crippen LogP contribution in [0.1, 0.15) is 27.0 Å². The lowest BCUT2D eigenvalue weighted by molar-refractivity contribution is 0.0951. The van der Waals surface area contributed by atoms with Crippen molar-refractivity contribution in [1.82, 2.24) is 5.32 Å². The molecule has 0 saturated heterocycles. The average Bonchev–Trinajstić information content (AvgIpc) is 2.80. The highest BCUT2D eigenvalue weighted by Crippen LogP contribution is 2.26. The van der Waals surface area contributed by atoms with Crippen molar-refractivity contribution in [3.63, 3.8) is 0 Å². The van der Waals surface area contributed by atoms with E-state index in [0.29, 0.717) is 40.8 Å². The minimum absolute atomic E-state index is 0.181. The van der Waals surface area contributed by atoms with Gasteiger partial charge in [0.25, 0.3) is 5.91 Å². The molecule has 1 atom stereocenters. The van der Waals surface area contributed by atoms with E-state index in [1.807, 2.05) is 24.3 Å². The zero-order chi connectivity index (χ0) is 23.1. The van der Waals surface area contributed by atoms with Gasteiger partial charge in [-0.1, -0.05) is 59.6 Å². The Bertz CT molecular complexity index is 1090. The van der Waals surface area contributed by atoms with Crippen LogP contribution < -0.4 is 15.4 Å². The van der Waals surface area contributed by atoms with Crippen LogP contribution in [0.4, 0.5) is 5.69 Å². The fraction of sp³-hybridized carbons (Fsp3) is 0.174. The molecular weight excluding hydrogens is 469 g/mol. The van der Waals surface area contributed by atoms with Gasteiger partial charge in [-0.3, -0.25) is 9.00 Å². The molecule has 0 bridgehead atoms. The summed E-state index contributed by atoms with van der Waals surface area (Å²) in [6, 6.07) is 19.3. The molecule has 3 rings (SSSR count). The highest BCUT2D eigenvalue weighted by atomic mass is 35.5. The minimum Gasteiger partial charge on any atom is -0.755 e. The zero-order valence-corrected chi connectivity index (χ0v) is 19.4. The Labute approximate surface area is 199 Å². The van der Waals surface area contributed by atoms with Gasteiger partial charge in [0.1, 0.15) is 0 Å². The molecule has 0 spiro atoms. The Morgan fingerprint density at radius 2 is 1.66 bits per heavy atom. The Balaban J connectivity index is 1.62. The molecule has 0 radical (unpaired) electrons. The maximum absolute atomic E-state index is 12.4. The van der Waals surface area contributed by atoms with Gasteiger partial charge in [-0.2, -0.15) is 0 Å². The molecular formula is C23H22Cl2N3O3S-. The van der Waals surface area contributed by atoms with Crippen LogP contribution >= 0.6 is 23.2 Å². The quantitative estimate of drug-likeness (QED) is 0.438. The second-order valence-corrected chi connectivity index (χ2v) is 8.69. The van der Waals surface area contributed by atoms with Crippen molar-refractivity contribution < 1.29 is 13.6 Å². The monoisotopic (exact) mass is 490 g/mol. The van der Waals surface area contributed by atoms with Crippen molar-refractivity contribution >= 4 is 46.1 Å². The minimum atomic E-state index is -2.49. The number of carbonyl (C=O) groups excluding carboxylic acids is 1. The summed E-state index contributed by atoms with van der Waals surface area (Å²) in [6.07, 6.45) is 0.387. The number of anilines is 1. The van der Waals surface area contributed by atoms with Gasteiger partial charge in [-0.05, 0) is 53.4 Å². The summed E-state index contributed by atoms with van der Waals surface area (Å²) in [5, 5.41) is 3.68. The summed E-state index contributed by atoms with van der Waals surface area (Å²) in [6.45, 7) is 1.03. The highest BCUT2D eigenvalue weighted by Gasteiger charge is 2.12. The van der Waals surface area contributed by atoms with E-state index in [1.165, 1.54) is 4.31 Å². The molecule has 3 aromatic carbocycles. The van der Waals surface area contributed by atoms with Gasteiger partial charge in [-0.15, -0.1) is 0 Å². The Hall–Kier alpha value is -2.42. The number of amides is 1. The molecule has 3 aromatic rings. The van der Waals surface area contributed by atoms with Gasteiger partial charge < -0.3 is 19.9 Å². The Morgan fingerprint density at radius 1 is 1.00 bits per heavy atom. The van der Waals surface area contributed by atoms with Crippen molar-refractivity contribution in [3.05, 3.63) is 99.0 Å². The number of benzene rings is 3. The summed E-state index contributed by atoms with van der Waals surface area (Å²) < 4.78 is 24.8. The summed E-state index contributed by atoms with van der Waals surface area (Å²) in [5.74, 6) is -0.250. The number of halogens is 2. The van der Waals surface area contributed by atoms with E-state index in [1.54, 1.807) is 42.5 Å². The maximum atomic E-state index is 12.4. The van der Waals surface area contributed by atoms with Crippen molar-refractivity contribution in [2.75, 3.05) is 10.8 Å². The third-order valence-corrected chi connectivity index (χ3v) is 6.54. The first-order valence-electron chi connectivity index (χ1n) is 9.85. The van der Waals surface area contributed by atoms with E-state index in [0.717, 1.165) is 16.7 Å². The van der Waals surface area contributed by atoms with E-state index >= 15 is 0 Å². The van der Waals surface area contributed by atoms with E-state index in [2.05, 4.69) is 5.32 Å². The predicted octanol–water partition coefficient (Wildman–Crippen LogP) is 4.23. The molecule has 0 aliphatic rings. The molecule has 32 heavy (non-hydrogen) atoms. The summed E-state index contributed by atoms with van der Waals surface area (Å²) in [7, 11) is 0. The standard InChI is InChI=1S/C23H23Cl2N3O3S/c24-21-3-1-2-18(22(21)25)12-13-28(32(30)31)20-10-8-19(9-11-20)23(29)27-15-17-6-4-16(14-26)5-7-17/h1-11H,12-15,26H2,(H,27,29)(H,30,31)/p-1. The van der Waals surface area contributed by atoms with E-state index in [4.69, 9.17) is 28.9 Å². The first kappa shape index (κ1) is 24.2. The molecule has 0 saturated carbocycles. The van der Waals surface area contributed by atoms with E-state index < -0.39 is 11.3 Å². The lowest BCUT2D eigenvalue weighted by Gasteiger charge is -2.26. The molecule has 0 aromatic heterocycles. The van der Waals surface area contributed by atoms with Crippen LogP contribution in [0.3, 0.4) is 0 Å². The number of rotatable bonds is 9. The summed E-state index contributed by atoms with van der Waals surface area (Å²) in [4.78, 5) is 12.4. The third-order valence-electron chi connectivity index (χ3n) is 4.92. The topological polar surface area (TPSA) is 98.5 Å². The predicted molar refractivity (Wildman–Crippen MR) is 128 cm³/mol. The van der Waals surface area contributed by atoms with Crippen molar-refractivity contribution in [2.24, 2.45) is 5.73 Å². The first-order valence-corrected chi connectivity index (χ1v) is 11.6. The number of hydrogen-bond donors (Lipinski definition) is 2. The Morgan fingerprint density at radius 3 is 2.28 bits per heavy atom. The van der Waals surface area contributed by atoms with Gasteiger partial charge in [0.15, 0.2) is 0 Å². The normalized spacial score (nSPS) is 11.8. The molecule has 0 fully saturated rings. The van der Waals surface area contributed by atoms with E-state index in [-0.39, 0.29) is 12.5 Å². The Kier molecular flexibility index (Phi) is 8.67. The van der Waals surface area contributed by atoms with Crippen LogP contribution in [-0.2, 0) is 30.8 Å². The van der Waals surface area contributed by atoms with Crippen LogP contribution in [0.25, 0.3) is 0 Å². The highest BCUT2D eigenvalue weighted by molar-refractivity contribution is 7.80. The van der Waals surface area contributed by atoms with Gasteiger partial charge in [0.2, 0.25) is 0 Å².